The molecule has 0 spiro atoms. The van der Waals surface area contributed by atoms with Crippen LogP contribution in [-0.2, 0) is 24.2 Å². The van der Waals surface area contributed by atoms with Crippen molar-refractivity contribution in [2.45, 2.75) is 36.5 Å². The fourth-order valence-corrected chi connectivity index (χ4v) is 4.34. The molecule has 1 saturated heterocycles. The number of methoxy groups -OCH3 is 1. The quantitative estimate of drug-likeness (QED) is 0.772. The number of carbonyl (C=O) groups is 2. The number of ether oxygens (including phenoxy) is 1. The van der Waals surface area contributed by atoms with E-state index in [1.165, 1.54) is 18.9 Å². The molecular formula is C15H19NO5S. The number of hydrogen-bond donors (Lipinski definition) is 0. The molecule has 0 radical (unpaired) electrons. The van der Waals surface area contributed by atoms with Gasteiger partial charge in [-0.15, -0.1) is 0 Å². The number of benzene rings is 1. The molecule has 1 aliphatic rings. The predicted octanol–water partition coefficient (Wildman–Crippen LogP) is 0.931. The van der Waals surface area contributed by atoms with E-state index in [0.29, 0.717) is 0 Å². The van der Waals surface area contributed by atoms with Crippen molar-refractivity contribution < 1.29 is 22.7 Å². The molecule has 6 nitrogen and oxygen atoms in total. The Kier molecular flexibility index (Phi) is 4.55. The van der Waals surface area contributed by atoms with Gasteiger partial charge in [-0.05, 0) is 25.5 Å². The first-order valence-electron chi connectivity index (χ1n) is 6.93. The second kappa shape index (κ2) is 6.08. The summed E-state index contributed by atoms with van der Waals surface area (Å²) in [6.45, 7) is 3.19. The Hall–Kier alpha value is -1.89. The third kappa shape index (κ3) is 2.99. The number of amides is 1. The van der Waals surface area contributed by atoms with Gasteiger partial charge in [0, 0.05) is 13.5 Å². The van der Waals surface area contributed by atoms with E-state index in [1.807, 2.05) is 6.92 Å². The van der Waals surface area contributed by atoms with Crippen molar-refractivity contribution in [3.8, 4) is 0 Å². The van der Waals surface area contributed by atoms with Gasteiger partial charge in [0.15, 0.2) is 9.84 Å². The first-order chi connectivity index (χ1) is 10.3. The van der Waals surface area contributed by atoms with Gasteiger partial charge in [0.25, 0.3) is 0 Å². The molecule has 7 heteroatoms. The number of likely N-dealkylation sites (tertiary alicyclic amines) is 1. The Balaban J connectivity index is 2.31. The lowest BCUT2D eigenvalue weighted by molar-refractivity contribution is -0.150. The summed E-state index contributed by atoms with van der Waals surface area (Å²) in [7, 11) is -2.37. The van der Waals surface area contributed by atoms with E-state index in [-0.39, 0.29) is 23.8 Å². The molecule has 0 aromatic heterocycles. The van der Waals surface area contributed by atoms with Crippen LogP contribution in [0.2, 0.25) is 0 Å². The van der Waals surface area contributed by atoms with Crippen molar-refractivity contribution in [3.63, 3.8) is 0 Å². The number of sulfone groups is 1. The number of esters is 1. The number of aryl methyl sites for hydroxylation is 1. The van der Waals surface area contributed by atoms with Crippen LogP contribution < -0.4 is 0 Å². The van der Waals surface area contributed by atoms with Crippen molar-refractivity contribution in [1.29, 1.82) is 0 Å². The Morgan fingerprint density at radius 3 is 2.32 bits per heavy atom. The van der Waals surface area contributed by atoms with Crippen LogP contribution in [0.1, 0.15) is 18.9 Å². The molecule has 22 heavy (non-hydrogen) atoms. The second-order valence-corrected chi connectivity index (χ2v) is 7.65. The van der Waals surface area contributed by atoms with Crippen molar-refractivity contribution in [1.82, 2.24) is 4.90 Å². The highest BCUT2D eigenvalue weighted by Gasteiger charge is 2.44. The average molecular weight is 325 g/mol. The molecule has 1 amide bonds. The summed E-state index contributed by atoms with van der Waals surface area (Å²) < 4.78 is 30.0. The normalized spacial score (nSPS) is 21.7. The van der Waals surface area contributed by atoms with E-state index in [4.69, 9.17) is 0 Å². The lowest BCUT2D eigenvalue weighted by Gasteiger charge is -2.20. The van der Waals surface area contributed by atoms with Crippen molar-refractivity contribution >= 4 is 21.7 Å². The lowest BCUT2D eigenvalue weighted by atomic mass is 10.2. The Labute approximate surface area is 130 Å². The highest BCUT2D eigenvalue weighted by Crippen LogP contribution is 2.28. The van der Waals surface area contributed by atoms with Crippen LogP contribution in [-0.4, -0.2) is 50.1 Å². The zero-order valence-electron chi connectivity index (χ0n) is 12.8. The third-order valence-corrected chi connectivity index (χ3v) is 6.08. The Morgan fingerprint density at radius 2 is 1.82 bits per heavy atom. The van der Waals surface area contributed by atoms with E-state index < -0.39 is 27.1 Å². The molecule has 1 fully saturated rings. The van der Waals surface area contributed by atoms with E-state index >= 15 is 0 Å². The summed E-state index contributed by atoms with van der Waals surface area (Å²) in [6, 6.07) is 5.71. The Bertz CT molecular complexity index is 680. The molecule has 2 rings (SSSR count). The number of hydrogen-bond acceptors (Lipinski definition) is 5. The summed E-state index contributed by atoms with van der Waals surface area (Å²) in [5.41, 5.74) is 0.961. The Morgan fingerprint density at radius 1 is 1.23 bits per heavy atom. The summed E-state index contributed by atoms with van der Waals surface area (Å²) >= 11 is 0. The number of nitrogens with zero attached hydrogens (tertiary/aromatic N) is 1. The summed E-state index contributed by atoms with van der Waals surface area (Å²) in [6.07, 6.45) is 0.0580. The van der Waals surface area contributed by atoms with Gasteiger partial charge in [-0.2, -0.15) is 0 Å². The molecule has 2 atom stereocenters. The van der Waals surface area contributed by atoms with E-state index in [9.17, 15) is 18.0 Å². The highest BCUT2D eigenvalue weighted by molar-refractivity contribution is 7.92. The first kappa shape index (κ1) is 16.5. The first-order valence-corrected chi connectivity index (χ1v) is 8.47. The molecule has 1 heterocycles. The molecule has 1 aromatic rings. The van der Waals surface area contributed by atoms with Gasteiger partial charge >= 0.3 is 5.97 Å². The summed E-state index contributed by atoms with van der Waals surface area (Å²) in [5.74, 6) is -0.922. The maximum Gasteiger partial charge on any atom is 0.328 e. The SMILES string of the molecule is COC(=O)[C@@H]1C[C@@H](S(=O)(=O)c2ccc(C)cc2)CN1C(C)=O. The van der Waals surface area contributed by atoms with Gasteiger partial charge in [0.2, 0.25) is 5.91 Å². The molecule has 120 valence electrons. The van der Waals surface area contributed by atoms with Crippen molar-refractivity contribution in [2.24, 2.45) is 0 Å². The molecule has 0 saturated carbocycles. The van der Waals surface area contributed by atoms with Crippen LogP contribution in [0.4, 0.5) is 0 Å². The molecule has 0 aliphatic carbocycles. The van der Waals surface area contributed by atoms with Crippen molar-refractivity contribution in [3.05, 3.63) is 29.8 Å². The van der Waals surface area contributed by atoms with Crippen LogP contribution in [0.15, 0.2) is 29.2 Å². The van der Waals surface area contributed by atoms with E-state index in [2.05, 4.69) is 4.74 Å². The molecular weight excluding hydrogens is 306 g/mol. The van der Waals surface area contributed by atoms with Gasteiger partial charge in [-0.25, -0.2) is 13.2 Å². The van der Waals surface area contributed by atoms with Crippen molar-refractivity contribution in [2.75, 3.05) is 13.7 Å². The van der Waals surface area contributed by atoms with Crippen LogP contribution in [0, 0.1) is 6.92 Å². The zero-order valence-corrected chi connectivity index (χ0v) is 13.6. The second-order valence-electron chi connectivity index (χ2n) is 5.43. The van der Waals surface area contributed by atoms with Gasteiger partial charge in [-0.3, -0.25) is 4.79 Å². The predicted molar refractivity (Wildman–Crippen MR) is 80.0 cm³/mol. The van der Waals surface area contributed by atoms with E-state index in [0.717, 1.165) is 5.56 Å². The highest BCUT2D eigenvalue weighted by atomic mass is 32.2. The van der Waals surface area contributed by atoms with Gasteiger partial charge in [0.1, 0.15) is 6.04 Å². The fourth-order valence-electron chi connectivity index (χ4n) is 2.65. The van der Waals surface area contributed by atoms with Crippen LogP contribution >= 0.6 is 0 Å². The van der Waals surface area contributed by atoms with Crippen LogP contribution in [0.3, 0.4) is 0 Å². The minimum Gasteiger partial charge on any atom is -0.467 e. The maximum absolute atomic E-state index is 12.7. The van der Waals surface area contributed by atoms with E-state index in [1.54, 1.807) is 24.3 Å². The van der Waals surface area contributed by atoms with Crippen LogP contribution in [0.5, 0.6) is 0 Å². The number of rotatable bonds is 3. The van der Waals surface area contributed by atoms with Gasteiger partial charge in [0.05, 0.1) is 17.3 Å². The molecule has 1 aromatic carbocycles. The van der Waals surface area contributed by atoms with Gasteiger partial charge < -0.3 is 9.64 Å². The lowest BCUT2D eigenvalue weighted by Crippen LogP contribution is -2.40. The van der Waals surface area contributed by atoms with Gasteiger partial charge in [-0.1, -0.05) is 17.7 Å². The molecule has 0 unspecified atom stereocenters. The summed E-state index contributed by atoms with van der Waals surface area (Å²) in [4.78, 5) is 24.9. The number of carbonyl (C=O) groups excluding carboxylic acids is 2. The maximum atomic E-state index is 12.7. The molecule has 1 aliphatic heterocycles. The topological polar surface area (TPSA) is 80.8 Å². The molecule has 0 bridgehead atoms. The average Bonchev–Trinajstić information content (AvgIpc) is 2.93. The third-order valence-electron chi connectivity index (χ3n) is 3.93. The van der Waals surface area contributed by atoms with Crippen LogP contribution in [0.25, 0.3) is 0 Å². The zero-order chi connectivity index (χ0) is 16.5. The fraction of sp³-hybridized carbons (Fsp3) is 0.467. The minimum atomic E-state index is -3.60. The monoisotopic (exact) mass is 325 g/mol. The smallest absolute Gasteiger partial charge is 0.328 e. The largest absolute Gasteiger partial charge is 0.467 e. The molecule has 0 N–H and O–H groups in total. The summed E-state index contributed by atoms with van der Waals surface area (Å²) in [5, 5.41) is -0.803. The standard InChI is InChI=1S/C15H19NO5S/c1-10-4-6-12(7-5-10)22(19,20)13-8-14(15(18)21-3)16(9-13)11(2)17/h4-7,13-14H,8-9H2,1-3H3/t13-,14+/m1/s1. The minimum absolute atomic E-state index is 0.00527.